The number of rotatable bonds is 2. The number of nitrogens with one attached hydrogen (secondary N) is 3. The molecule has 0 amide bonds. The summed E-state index contributed by atoms with van der Waals surface area (Å²) in [6.45, 7) is 0. The summed E-state index contributed by atoms with van der Waals surface area (Å²) in [5.74, 6) is 0. The predicted molar refractivity (Wildman–Crippen MR) is 55.4 cm³/mol. The molecule has 61 valence electrons. The van der Waals surface area contributed by atoms with Gasteiger partial charge in [-0.25, -0.2) is 0 Å². The molecule has 0 aliphatic carbocycles. The molecular formula is C6H8B3N4. The van der Waals surface area contributed by atoms with Gasteiger partial charge in [-0.05, 0) is 12.1 Å². The highest BCUT2D eigenvalue weighted by Crippen LogP contribution is 2.04. The number of hydrazine groups is 1. The van der Waals surface area contributed by atoms with E-state index in [0.29, 0.717) is 0 Å². The Morgan fingerprint density at radius 2 is 1.77 bits per heavy atom. The van der Waals surface area contributed by atoms with Crippen LogP contribution in [0.2, 0.25) is 0 Å². The van der Waals surface area contributed by atoms with Crippen LogP contribution in [0.15, 0.2) is 30.3 Å². The summed E-state index contributed by atoms with van der Waals surface area (Å²) >= 11 is 0. The van der Waals surface area contributed by atoms with E-state index in [2.05, 4.69) is 15.7 Å². The maximum absolute atomic E-state index is 3.16. The number of anilines is 1. The third-order valence-electron chi connectivity index (χ3n) is 1.63. The molecule has 7 heteroatoms. The Labute approximate surface area is 79.9 Å². The minimum absolute atomic E-state index is 1.04. The van der Waals surface area contributed by atoms with Gasteiger partial charge in [0.1, 0.15) is 0 Å². The lowest BCUT2D eigenvalue weighted by molar-refractivity contribution is 0.789. The zero-order valence-corrected chi connectivity index (χ0v) is 7.07. The first-order valence-electron chi connectivity index (χ1n) is 4.06. The molecule has 0 saturated carbocycles. The van der Waals surface area contributed by atoms with Gasteiger partial charge < -0.3 is 15.7 Å². The van der Waals surface area contributed by atoms with Crippen LogP contribution in [0.1, 0.15) is 0 Å². The number of hydrogen-bond donors (Lipinski definition) is 3. The Morgan fingerprint density at radius 1 is 1.08 bits per heavy atom. The third kappa shape index (κ3) is 2.52. The van der Waals surface area contributed by atoms with Crippen LogP contribution in [-0.2, 0) is 0 Å². The molecule has 0 bridgehead atoms. The van der Waals surface area contributed by atoms with E-state index in [0.717, 1.165) is 5.69 Å². The second kappa shape index (κ2) is 4.36. The van der Waals surface area contributed by atoms with Gasteiger partial charge in [-0.15, -0.1) is 0 Å². The average Bonchev–Trinajstić information content (AvgIpc) is 2.21. The van der Waals surface area contributed by atoms with Crippen LogP contribution >= 0.6 is 0 Å². The lowest BCUT2D eigenvalue weighted by atomic mass is 9.83. The Morgan fingerprint density at radius 3 is 2.46 bits per heavy atom. The zero-order chi connectivity index (χ0) is 8.93. The Bertz CT molecular complexity index is 251. The molecule has 3 N–H and O–H groups in total. The van der Waals surface area contributed by atoms with Crippen molar-refractivity contribution in [2.45, 2.75) is 0 Å². The van der Waals surface area contributed by atoms with Gasteiger partial charge in [0.2, 0.25) is 0 Å². The van der Waals surface area contributed by atoms with E-state index in [-0.39, 0.29) is 0 Å². The third-order valence-corrected chi connectivity index (χ3v) is 1.63. The van der Waals surface area contributed by atoms with Crippen LogP contribution in [-0.4, -0.2) is 27.5 Å². The molecule has 0 atom stereocenters. The Hall–Kier alpha value is -0.905. The summed E-state index contributed by atoms with van der Waals surface area (Å²) in [5.41, 5.74) is 4.20. The van der Waals surface area contributed by atoms with E-state index in [1.165, 1.54) is 0 Å². The summed E-state index contributed by atoms with van der Waals surface area (Å²) in [6.07, 6.45) is 0. The molecule has 1 aliphatic heterocycles. The molecular weight excluding hydrogens is 161 g/mol. The smallest absolute Gasteiger partial charge is 0.307 e. The van der Waals surface area contributed by atoms with Crippen molar-refractivity contribution in [2.75, 3.05) is 5.43 Å². The number of nitrogens with zero attached hydrogens (tertiary/aromatic N) is 1. The first kappa shape index (κ1) is 8.68. The van der Waals surface area contributed by atoms with Crippen molar-refractivity contribution in [1.82, 2.24) is 15.1 Å². The summed E-state index contributed by atoms with van der Waals surface area (Å²) in [6, 6.07) is 9.96. The highest BCUT2D eigenvalue weighted by molar-refractivity contribution is 6.65. The van der Waals surface area contributed by atoms with E-state index >= 15 is 0 Å². The van der Waals surface area contributed by atoms with Crippen LogP contribution in [0.3, 0.4) is 0 Å². The minimum atomic E-state index is 1.04. The second-order valence-electron chi connectivity index (χ2n) is 2.62. The summed E-state index contributed by atoms with van der Waals surface area (Å²) in [7, 11) is 5.36. The van der Waals surface area contributed by atoms with Gasteiger partial charge in [0.15, 0.2) is 0 Å². The zero-order valence-electron chi connectivity index (χ0n) is 7.07. The molecule has 2 rings (SSSR count). The maximum Gasteiger partial charge on any atom is 0.307 e. The second-order valence-corrected chi connectivity index (χ2v) is 2.62. The van der Waals surface area contributed by atoms with E-state index in [1.807, 2.05) is 45.4 Å². The SMILES string of the molecule is [B]1N[B]N(Nc2ccccc2)[B]N1. The largest absolute Gasteiger partial charge is 0.378 e. The monoisotopic (exact) mass is 169 g/mol. The molecule has 4 nitrogen and oxygen atoms in total. The molecule has 1 aliphatic rings. The van der Waals surface area contributed by atoms with Gasteiger partial charge in [-0.1, -0.05) is 18.2 Å². The molecule has 0 spiro atoms. The maximum atomic E-state index is 3.16. The van der Waals surface area contributed by atoms with Crippen LogP contribution in [0, 0.1) is 0 Å². The van der Waals surface area contributed by atoms with Gasteiger partial charge >= 0.3 is 15.1 Å². The molecule has 1 heterocycles. The van der Waals surface area contributed by atoms with Gasteiger partial charge in [-0.3, -0.25) is 4.83 Å². The topological polar surface area (TPSA) is 39.3 Å². The van der Waals surface area contributed by atoms with Crippen molar-refractivity contribution in [1.29, 1.82) is 0 Å². The quantitative estimate of drug-likeness (QED) is 0.502. The molecule has 1 aromatic rings. The average molecular weight is 169 g/mol. The van der Waals surface area contributed by atoms with Gasteiger partial charge in [0.05, 0.1) is 0 Å². The van der Waals surface area contributed by atoms with Crippen molar-refractivity contribution in [3.63, 3.8) is 0 Å². The highest BCUT2D eigenvalue weighted by Gasteiger charge is 2.13. The van der Waals surface area contributed by atoms with Crippen LogP contribution in [0.25, 0.3) is 0 Å². The molecule has 1 fully saturated rings. The van der Waals surface area contributed by atoms with Crippen molar-refractivity contribution < 1.29 is 0 Å². The molecule has 0 unspecified atom stereocenters. The van der Waals surface area contributed by atoms with Crippen molar-refractivity contribution in [3.8, 4) is 0 Å². The minimum Gasteiger partial charge on any atom is -0.378 e. The van der Waals surface area contributed by atoms with E-state index in [4.69, 9.17) is 0 Å². The molecule has 1 saturated heterocycles. The van der Waals surface area contributed by atoms with Gasteiger partial charge in [0.25, 0.3) is 7.55 Å². The van der Waals surface area contributed by atoms with E-state index in [9.17, 15) is 0 Å². The number of para-hydroxylation sites is 1. The fraction of sp³-hybridized carbons (Fsp3) is 0. The van der Waals surface area contributed by atoms with Crippen molar-refractivity contribution >= 4 is 28.3 Å². The lowest BCUT2D eigenvalue weighted by Crippen LogP contribution is -2.59. The standard InChI is InChI=1S/C6H8B3N4/c1-2-4-6(5-3-1)10-13-8-11-7-12-9-13/h1-5,10-12H. The summed E-state index contributed by atoms with van der Waals surface area (Å²) < 4.78 is 0. The Kier molecular flexibility index (Phi) is 2.92. The fourth-order valence-electron chi connectivity index (χ4n) is 1.05. The van der Waals surface area contributed by atoms with Gasteiger partial charge in [-0.2, -0.15) is 0 Å². The van der Waals surface area contributed by atoms with Crippen molar-refractivity contribution in [2.24, 2.45) is 0 Å². The molecule has 0 aromatic heterocycles. The highest BCUT2D eigenvalue weighted by atomic mass is 15.5. The predicted octanol–water partition coefficient (Wildman–Crippen LogP) is -0.889. The van der Waals surface area contributed by atoms with Crippen LogP contribution < -0.4 is 15.7 Å². The van der Waals surface area contributed by atoms with Crippen LogP contribution in [0.5, 0.6) is 0 Å². The van der Waals surface area contributed by atoms with E-state index < -0.39 is 0 Å². The first-order valence-corrected chi connectivity index (χ1v) is 4.06. The molecule has 3 radical (unpaired) electrons. The van der Waals surface area contributed by atoms with Crippen LogP contribution in [0.4, 0.5) is 5.69 Å². The summed E-state index contributed by atoms with van der Waals surface area (Å²) in [5, 5.41) is 5.85. The molecule has 1 aromatic carbocycles. The Balaban J connectivity index is 1.90. The first-order chi connectivity index (χ1) is 6.45. The van der Waals surface area contributed by atoms with Gasteiger partial charge in [0, 0.05) is 5.69 Å². The van der Waals surface area contributed by atoms with Crippen molar-refractivity contribution in [3.05, 3.63) is 30.3 Å². The normalized spacial score (nSPS) is 16.6. The van der Waals surface area contributed by atoms with E-state index in [1.54, 1.807) is 12.4 Å². The lowest BCUT2D eigenvalue weighted by Gasteiger charge is -2.26. The summed E-state index contributed by atoms with van der Waals surface area (Å²) in [4.78, 5) is 1.80. The molecule has 13 heavy (non-hydrogen) atoms. The number of hydrogen-bond acceptors (Lipinski definition) is 4. The number of benzene rings is 1. The fourth-order valence-corrected chi connectivity index (χ4v) is 1.05.